The van der Waals surface area contributed by atoms with E-state index in [1.54, 1.807) is 12.1 Å². The third-order valence-corrected chi connectivity index (χ3v) is 2.12. The maximum atomic E-state index is 11.7. The van der Waals surface area contributed by atoms with Gasteiger partial charge in [0.1, 0.15) is 0 Å². The number of aryl methyl sites for hydroxylation is 1. The first kappa shape index (κ1) is 9.02. The van der Waals surface area contributed by atoms with Crippen molar-refractivity contribution in [2.75, 3.05) is 6.54 Å². The second-order valence-corrected chi connectivity index (χ2v) is 3.14. The smallest absolute Gasteiger partial charge is 0.290 e. The van der Waals surface area contributed by atoms with E-state index in [1.807, 2.05) is 12.1 Å². The summed E-state index contributed by atoms with van der Waals surface area (Å²) in [6.07, 6.45) is 0.750. The lowest BCUT2D eigenvalue weighted by molar-refractivity contribution is 0.279. The highest BCUT2D eigenvalue weighted by molar-refractivity contribution is 5.75. The zero-order valence-electron chi connectivity index (χ0n) is 7.77. The van der Waals surface area contributed by atoms with Crippen molar-refractivity contribution in [2.45, 2.75) is 13.0 Å². The van der Waals surface area contributed by atoms with Gasteiger partial charge in [-0.2, -0.15) is 4.74 Å². The third-order valence-electron chi connectivity index (χ3n) is 2.12. The number of benzene rings is 1. The topological polar surface area (TPSA) is 61.2 Å². The molecular formula is C10H12N2O2. The van der Waals surface area contributed by atoms with Crippen molar-refractivity contribution in [3.05, 3.63) is 34.6 Å². The molecule has 0 aliphatic heterocycles. The Bertz CT molecular complexity index is 484. The highest BCUT2D eigenvalue weighted by Gasteiger charge is 2.06. The standard InChI is InChI=1S/C10H12N2O2/c11-6-3-7-12-10(13)8-4-1-2-5-9(8)14-12/h1-2,4-5H,3,6-7,11H2. The summed E-state index contributed by atoms with van der Waals surface area (Å²) in [5.41, 5.74) is 5.92. The summed E-state index contributed by atoms with van der Waals surface area (Å²) >= 11 is 0. The minimum Gasteiger partial charge on any atom is -0.376 e. The van der Waals surface area contributed by atoms with E-state index in [9.17, 15) is 4.79 Å². The molecule has 0 bridgehead atoms. The summed E-state index contributed by atoms with van der Waals surface area (Å²) in [6.45, 7) is 1.10. The lowest BCUT2D eigenvalue weighted by atomic mass is 10.3. The Kier molecular flexibility index (Phi) is 2.37. The lowest BCUT2D eigenvalue weighted by Crippen LogP contribution is -2.16. The van der Waals surface area contributed by atoms with Crippen LogP contribution in [0.5, 0.6) is 0 Å². The van der Waals surface area contributed by atoms with Gasteiger partial charge in [0.2, 0.25) is 0 Å². The Morgan fingerprint density at radius 1 is 1.36 bits per heavy atom. The first-order chi connectivity index (χ1) is 6.83. The lowest BCUT2D eigenvalue weighted by Gasteiger charge is -1.95. The van der Waals surface area contributed by atoms with Crippen molar-refractivity contribution < 1.29 is 4.52 Å². The highest BCUT2D eigenvalue weighted by Crippen LogP contribution is 2.09. The van der Waals surface area contributed by atoms with Crippen LogP contribution in [-0.4, -0.2) is 11.3 Å². The number of hydrogen-bond acceptors (Lipinski definition) is 3. The molecule has 0 aliphatic carbocycles. The van der Waals surface area contributed by atoms with E-state index >= 15 is 0 Å². The molecule has 0 radical (unpaired) electrons. The Morgan fingerprint density at radius 2 is 2.14 bits per heavy atom. The summed E-state index contributed by atoms with van der Waals surface area (Å²) in [4.78, 5) is 11.7. The number of rotatable bonds is 3. The molecule has 4 heteroatoms. The first-order valence-corrected chi connectivity index (χ1v) is 4.62. The van der Waals surface area contributed by atoms with Crippen LogP contribution in [0.4, 0.5) is 0 Å². The van der Waals surface area contributed by atoms with Gasteiger partial charge in [0.15, 0.2) is 5.58 Å². The van der Waals surface area contributed by atoms with Gasteiger partial charge in [-0.05, 0) is 25.1 Å². The number of fused-ring (bicyclic) bond motifs is 1. The fraction of sp³-hybridized carbons (Fsp3) is 0.300. The number of nitrogens with two attached hydrogens (primary N) is 1. The van der Waals surface area contributed by atoms with Crippen LogP contribution in [-0.2, 0) is 6.54 Å². The van der Waals surface area contributed by atoms with Crippen molar-refractivity contribution >= 4 is 11.0 Å². The van der Waals surface area contributed by atoms with Crippen LogP contribution in [0.25, 0.3) is 11.0 Å². The highest BCUT2D eigenvalue weighted by atomic mass is 16.5. The van der Waals surface area contributed by atoms with Gasteiger partial charge in [-0.15, -0.1) is 0 Å². The van der Waals surface area contributed by atoms with Crippen LogP contribution >= 0.6 is 0 Å². The molecule has 1 aromatic carbocycles. The second-order valence-electron chi connectivity index (χ2n) is 3.14. The van der Waals surface area contributed by atoms with Gasteiger partial charge in [0, 0.05) is 0 Å². The molecule has 0 saturated carbocycles. The molecule has 0 unspecified atom stereocenters. The Labute approximate surface area is 80.9 Å². The van der Waals surface area contributed by atoms with Crippen LogP contribution in [0.1, 0.15) is 6.42 Å². The largest absolute Gasteiger partial charge is 0.376 e. The monoisotopic (exact) mass is 192 g/mol. The summed E-state index contributed by atoms with van der Waals surface area (Å²) < 4.78 is 6.71. The zero-order valence-corrected chi connectivity index (χ0v) is 7.77. The minimum absolute atomic E-state index is 0.0750. The van der Waals surface area contributed by atoms with E-state index in [0.717, 1.165) is 6.42 Å². The molecule has 1 aromatic heterocycles. The van der Waals surface area contributed by atoms with Gasteiger partial charge < -0.3 is 10.3 Å². The van der Waals surface area contributed by atoms with Crippen molar-refractivity contribution in [2.24, 2.45) is 5.73 Å². The molecule has 0 spiro atoms. The van der Waals surface area contributed by atoms with Gasteiger partial charge in [-0.25, -0.2) is 0 Å². The van der Waals surface area contributed by atoms with Crippen molar-refractivity contribution in [1.82, 2.24) is 4.74 Å². The SMILES string of the molecule is NCCCn1oc2ccccc2c1=O. The quantitative estimate of drug-likeness (QED) is 0.787. The number of nitrogens with zero attached hydrogens (tertiary/aromatic N) is 1. The fourth-order valence-corrected chi connectivity index (χ4v) is 1.40. The first-order valence-electron chi connectivity index (χ1n) is 4.62. The number of para-hydroxylation sites is 1. The maximum Gasteiger partial charge on any atom is 0.290 e. The second kappa shape index (κ2) is 3.67. The summed E-state index contributed by atoms with van der Waals surface area (Å²) in [5, 5.41) is 0.629. The van der Waals surface area contributed by atoms with Crippen LogP contribution < -0.4 is 11.3 Å². The van der Waals surface area contributed by atoms with Gasteiger partial charge in [0.25, 0.3) is 5.56 Å². The van der Waals surface area contributed by atoms with Crippen LogP contribution in [0.3, 0.4) is 0 Å². The van der Waals surface area contributed by atoms with Crippen molar-refractivity contribution in [1.29, 1.82) is 0 Å². The molecule has 74 valence electrons. The van der Waals surface area contributed by atoms with Crippen molar-refractivity contribution in [3.8, 4) is 0 Å². The summed E-state index contributed by atoms with van der Waals surface area (Å²) in [5.74, 6) is 0. The van der Waals surface area contributed by atoms with E-state index in [0.29, 0.717) is 24.1 Å². The number of aromatic nitrogens is 1. The fourth-order valence-electron chi connectivity index (χ4n) is 1.40. The molecule has 4 nitrogen and oxygen atoms in total. The Hall–Kier alpha value is -1.55. The maximum absolute atomic E-state index is 11.7. The van der Waals surface area contributed by atoms with E-state index in [4.69, 9.17) is 10.3 Å². The minimum atomic E-state index is -0.0750. The predicted octanol–water partition coefficient (Wildman–Crippen LogP) is 0.943. The molecule has 0 amide bonds. The average Bonchev–Trinajstić information content (AvgIpc) is 2.54. The average molecular weight is 192 g/mol. The van der Waals surface area contributed by atoms with Gasteiger partial charge in [0.05, 0.1) is 11.9 Å². The molecule has 2 rings (SSSR count). The summed E-state index contributed by atoms with van der Waals surface area (Å²) in [6, 6.07) is 7.22. The summed E-state index contributed by atoms with van der Waals surface area (Å²) in [7, 11) is 0. The van der Waals surface area contributed by atoms with E-state index in [-0.39, 0.29) is 5.56 Å². The molecule has 14 heavy (non-hydrogen) atoms. The molecule has 2 N–H and O–H groups in total. The molecule has 0 fully saturated rings. The third kappa shape index (κ3) is 1.44. The van der Waals surface area contributed by atoms with Crippen LogP contribution in [0, 0.1) is 0 Å². The molecule has 0 aliphatic rings. The Balaban J connectivity index is 2.47. The molecule has 0 saturated heterocycles. The molecular weight excluding hydrogens is 180 g/mol. The van der Waals surface area contributed by atoms with Crippen LogP contribution in [0.15, 0.2) is 33.6 Å². The zero-order chi connectivity index (χ0) is 9.97. The van der Waals surface area contributed by atoms with E-state index in [2.05, 4.69) is 0 Å². The molecule has 0 atom stereocenters. The van der Waals surface area contributed by atoms with Crippen LogP contribution in [0.2, 0.25) is 0 Å². The van der Waals surface area contributed by atoms with E-state index < -0.39 is 0 Å². The van der Waals surface area contributed by atoms with Gasteiger partial charge in [-0.3, -0.25) is 4.79 Å². The number of hydrogen-bond donors (Lipinski definition) is 1. The normalized spacial score (nSPS) is 10.9. The van der Waals surface area contributed by atoms with Gasteiger partial charge in [-0.1, -0.05) is 12.1 Å². The van der Waals surface area contributed by atoms with Crippen molar-refractivity contribution in [3.63, 3.8) is 0 Å². The van der Waals surface area contributed by atoms with Gasteiger partial charge >= 0.3 is 0 Å². The molecule has 1 heterocycles. The van der Waals surface area contributed by atoms with E-state index in [1.165, 1.54) is 4.74 Å². The molecule has 2 aromatic rings. The predicted molar refractivity (Wildman–Crippen MR) is 54.1 cm³/mol. The Morgan fingerprint density at radius 3 is 2.86 bits per heavy atom.